The lowest BCUT2D eigenvalue weighted by atomic mass is 9.70. The number of benzene rings is 2. The van der Waals surface area contributed by atoms with E-state index in [0.29, 0.717) is 6.42 Å². The first kappa shape index (κ1) is 19.6. The van der Waals surface area contributed by atoms with Gasteiger partial charge in [0, 0.05) is 17.4 Å². The number of hydrogen-bond donors (Lipinski definition) is 0. The summed E-state index contributed by atoms with van der Waals surface area (Å²) >= 11 is 0. The Bertz CT molecular complexity index is 783. The van der Waals surface area contributed by atoms with Crippen molar-refractivity contribution in [3.05, 3.63) is 89.3 Å². The topological polar surface area (TPSA) is 0 Å². The van der Waals surface area contributed by atoms with Crippen molar-refractivity contribution >= 4 is 5.57 Å². The van der Waals surface area contributed by atoms with E-state index >= 15 is 4.39 Å². The molecule has 0 aromatic heterocycles. The van der Waals surface area contributed by atoms with Crippen LogP contribution >= 0.6 is 0 Å². The van der Waals surface area contributed by atoms with Crippen molar-refractivity contribution < 1.29 is 4.39 Å². The fourth-order valence-corrected chi connectivity index (χ4v) is 4.18. The van der Waals surface area contributed by atoms with Gasteiger partial charge in [-0.25, -0.2) is 4.39 Å². The van der Waals surface area contributed by atoms with Crippen molar-refractivity contribution in [2.45, 2.75) is 64.2 Å². The standard InChI is InChI=1S/C26H31F/c1-3-5-7-10-21-13-15-22(16-14-21)24-17-19-26(18-4-2,20-25(24)27)23-11-8-6-9-12-23/h6,8-9,11-17,19H,3-5,7,10,18,20H2,1-2H3. The monoisotopic (exact) mass is 362 g/mol. The zero-order chi connectivity index (χ0) is 19.1. The van der Waals surface area contributed by atoms with Crippen LogP contribution in [0.15, 0.2) is 72.6 Å². The van der Waals surface area contributed by atoms with Crippen LogP contribution in [0.25, 0.3) is 5.57 Å². The summed E-state index contributed by atoms with van der Waals surface area (Å²) < 4.78 is 15.2. The quantitative estimate of drug-likeness (QED) is 0.420. The van der Waals surface area contributed by atoms with Gasteiger partial charge >= 0.3 is 0 Å². The van der Waals surface area contributed by atoms with Gasteiger partial charge in [0.05, 0.1) is 0 Å². The first-order valence-electron chi connectivity index (χ1n) is 10.4. The highest BCUT2D eigenvalue weighted by atomic mass is 19.1. The summed E-state index contributed by atoms with van der Waals surface area (Å²) in [5.74, 6) is 0.00790. The summed E-state index contributed by atoms with van der Waals surface area (Å²) in [6.07, 6.45) is 11.5. The summed E-state index contributed by atoms with van der Waals surface area (Å²) in [6.45, 7) is 4.40. The Morgan fingerprint density at radius 3 is 2.26 bits per heavy atom. The van der Waals surface area contributed by atoms with Gasteiger partial charge in [-0.15, -0.1) is 0 Å². The predicted octanol–water partition coefficient (Wildman–Crippen LogP) is 7.80. The highest BCUT2D eigenvalue weighted by molar-refractivity contribution is 5.77. The van der Waals surface area contributed by atoms with Gasteiger partial charge in [-0.05, 0) is 36.0 Å². The average molecular weight is 363 g/mol. The molecule has 0 amide bonds. The minimum Gasteiger partial charge on any atom is -0.211 e. The Morgan fingerprint density at radius 2 is 1.63 bits per heavy atom. The van der Waals surface area contributed by atoms with Crippen molar-refractivity contribution in [3.8, 4) is 0 Å². The van der Waals surface area contributed by atoms with Gasteiger partial charge in [-0.1, -0.05) is 99.9 Å². The highest BCUT2D eigenvalue weighted by Gasteiger charge is 2.33. The number of allylic oxidation sites excluding steroid dienone is 4. The molecule has 0 aliphatic heterocycles. The lowest BCUT2D eigenvalue weighted by Crippen LogP contribution is -2.26. The predicted molar refractivity (Wildman–Crippen MR) is 114 cm³/mol. The summed E-state index contributed by atoms with van der Waals surface area (Å²) in [5.41, 5.74) is 4.07. The van der Waals surface area contributed by atoms with Crippen molar-refractivity contribution in [1.82, 2.24) is 0 Å². The van der Waals surface area contributed by atoms with Crippen LogP contribution in [0, 0.1) is 0 Å². The summed E-state index contributed by atoms with van der Waals surface area (Å²) in [4.78, 5) is 0. The maximum Gasteiger partial charge on any atom is 0.109 e. The van der Waals surface area contributed by atoms with E-state index in [1.807, 2.05) is 12.1 Å². The second kappa shape index (κ2) is 9.17. The van der Waals surface area contributed by atoms with E-state index in [0.717, 1.165) is 30.4 Å². The average Bonchev–Trinajstić information content (AvgIpc) is 2.70. The molecule has 0 fully saturated rings. The van der Waals surface area contributed by atoms with Crippen LogP contribution < -0.4 is 0 Å². The molecule has 0 nitrogen and oxygen atoms in total. The van der Waals surface area contributed by atoms with Crippen LogP contribution in [0.3, 0.4) is 0 Å². The van der Waals surface area contributed by atoms with Crippen LogP contribution in [0.4, 0.5) is 4.39 Å². The second-order valence-electron chi connectivity index (χ2n) is 7.75. The Hall–Kier alpha value is -2.15. The first-order valence-corrected chi connectivity index (χ1v) is 10.4. The van der Waals surface area contributed by atoms with Crippen molar-refractivity contribution in [2.24, 2.45) is 0 Å². The molecular weight excluding hydrogens is 331 g/mol. The van der Waals surface area contributed by atoms with Crippen LogP contribution in [-0.2, 0) is 11.8 Å². The van der Waals surface area contributed by atoms with Gasteiger partial charge in [-0.2, -0.15) is 0 Å². The molecule has 0 radical (unpaired) electrons. The highest BCUT2D eigenvalue weighted by Crippen LogP contribution is 2.43. The molecule has 0 heterocycles. The third-order valence-corrected chi connectivity index (χ3v) is 5.71. The van der Waals surface area contributed by atoms with Gasteiger partial charge < -0.3 is 0 Å². The molecule has 0 bridgehead atoms. The molecule has 142 valence electrons. The zero-order valence-corrected chi connectivity index (χ0v) is 16.7. The fourth-order valence-electron chi connectivity index (χ4n) is 4.18. The van der Waals surface area contributed by atoms with Crippen LogP contribution in [-0.4, -0.2) is 0 Å². The number of halogens is 1. The minimum absolute atomic E-state index is 0.00790. The van der Waals surface area contributed by atoms with Gasteiger partial charge in [-0.3, -0.25) is 0 Å². The Labute approximate surface area is 163 Å². The lowest BCUT2D eigenvalue weighted by molar-refractivity contribution is 0.425. The molecule has 1 atom stereocenters. The SMILES string of the molecule is CCCCCc1ccc(C2=C(F)CC(CCC)(c3ccccc3)C=C2)cc1. The molecule has 1 heteroatoms. The van der Waals surface area contributed by atoms with Gasteiger partial charge in [0.25, 0.3) is 0 Å². The molecule has 1 aliphatic rings. The zero-order valence-electron chi connectivity index (χ0n) is 16.7. The Balaban J connectivity index is 1.81. The smallest absolute Gasteiger partial charge is 0.109 e. The lowest BCUT2D eigenvalue weighted by Gasteiger charge is -2.34. The van der Waals surface area contributed by atoms with Gasteiger partial charge in [0.15, 0.2) is 0 Å². The van der Waals surface area contributed by atoms with E-state index < -0.39 is 0 Å². The van der Waals surface area contributed by atoms with Crippen LogP contribution in [0.2, 0.25) is 0 Å². The normalized spacial score (nSPS) is 19.5. The number of hydrogen-bond acceptors (Lipinski definition) is 0. The number of aryl methyl sites for hydroxylation is 1. The number of rotatable bonds is 8. The van der Waals surface area contributed by atoms with Crippen molar-refractivity contribution in [2.75, 3.05) is 0 Å². The Morgan fingerprint density at radius 1 is 0.889 bits per heavy atom. The van der Waals surface area contributed by atoms with E-state index in [1.165, 1.54) is 30.4 Å². The molecule has 2 aromatic rings. The summed E-state index contributed by atoms with van der Waals surface area (Å²) in [5, 5.41) is 0. The van der Waals surface area contributed by atoms with Crippen molar-refractivity contribution in [3.63, 3.8) is 0 Å². The third kappa shape index (κ3) is 4.58. The molecule has 0 N–H and O–H groups in total. The van der Waals surface area contributed by atoms with Gasteiger partial charge in [0.1, 0.15) is 5.83 Å². The summed E-state index contributed by atoms with van der Waals surface area (Å²) in [7, 11) is 0. The van der Waals surface area contributed by atoms with E-state index in [4.69, 9.17) is 0 Å². The maximum atomic E-state index is 15.2. The molecule has 0 spiro atoms. The summed E-state index contributed by atoms with van der Waals surface area (Å²) in [6, 6.07) is 18.9. The van der Waals surface area contributed by atoms with Crippen LogP contribution in [0.5, 0.6) is 0 Å². The molecule has 1 unspecified atom stereocenters. The fraction of sp³-hybridized carbons (Fsp3) is 0.385. The van der Waals surface area contributed by atoms with Crippen LogP contribution in [0.1, 0.15) is 69.1 Å². The molecule has 0 saturated carbocycles. The number of unbranched alkanes of at least 4 members (excludes halogenated alkanes) is 2. The Kier molecular flexibility index (Phi) is 6.66. The first-order chi connectivity index (χ1) is 13.2. The van der Waals surface area contributed by atoms with E-state index in [2.05, 4.69) is 68.5 Å². The molecule has 1 aliphatic carbocycles. The molecule has 2 aromatic carbocycles. The molecule has 3 rings (SSSR count). The van der Waals surface area contributed by atoms with E-state index in [-0.39, 0.29) is 11.2 Å². The molecular formula is C26H31F. The maximum absolute atomic E-state index is 15.2. The minimum atomic E-state index is -0.219. The second-order valence-corrected chi connectivity index (χ2v) is 7.75. The molecule has 27 heavy (non-hydrogen) atoms. The van der Waals surface area contributed by atoms with E-state index in [1.54, 1.807) is 0 Å². The largest absolute Gasteiger partial charge is 0.211 e. The van der Waals surface area contributed by atoms with Crippen molar-refractivity contribution in [1.29, 1.82) is 0 Å². The van der Waals surface area contributed by atoms with Gasteiger partial charge in [0.2, 0.25) is 0 Å². The molecule has 0 saturated heterocycles. The van der Waals surface area contributed by atoms with E-state index in [9.17, 15) is 0 Å². The third-order valence-electron chi connectivity index (χ3n) is 5.71.